The minimum Gasteiger partial charge on any atom is -0.477 e. The van der Waals surface area contributed by atoms with Crippen LogP contribution in [0, 0.1) is 12.8 Å². The summed E-state index contributed by atoms with van der Waals surface area (Å²) in [5.74, 6) is -0.848. The smallest absolute Gasteiger partial charge is 0.341 e. The Balaban J connectivity index is 1.39. The number of nitrogens with one attached hydrogen (secondary N) is 1. The molecule has 3 aromatic rings. The summed E-state index contributed by atoms with van der Waals surface area (Å²) in [7, 11) is 0. The lowest BCUT2D eigenvalue weighted by atomic mass is 9.98. The number of anilines is 1. The first-order chi connectivity index (χ1) is 16.4. The fourth-order valence-corrected chi connectivity index (χ4v) is 4.80. The van der Waals surface area contributed by atoms with Gasteiger partial charge < -0.3 is 20.1 Å². The number of ether oxygens (including phenoxy) is 1. The molecule has 0 radical (unpaired) electrons. The molecule has 1 atom stereocenters. The van der Waals surface area contributed by atoms with E-state index in [-0.39, 0.29) is 28.9 Å². The molecule has 2 aliphatic rings. The van der Waals surface area contributed by atoms with E-state index in [1.807, 2.05) is 11.0 Å². The molecule has 1 unspecified atom stereocenters. The summed E-state index contributed by atoms with van der Waals surface area (Å²) >= 11 is 1.31. The maximum absolute atomic E-state index is 12.9. The molecule has 0 spiro atoms. The van der Waals surface area contributed by atoms with E-state index >= 15 is 0 Å². The van der Waals surface area contributed by atoms with Gasteiger partial charge in [0.05, 0.1) is 24.0 Å². The number of carboxylic acids is 1. The second-order valence-corrected chi connectivity index (χ2v) is 9.24. The van der Waals surface area contributed by atoms with Crippen molar-refractivity contribution >= 4 is 40.1 Å². The summed E-state index contributed by atoms with van der Waals surface area (Å²) in [6.45, 7) is 3.83. The van der Waals surface area contributed by atoms with Gasteiger partial charge in [-0.15, -0.1) is 11.3 Å². The van der Waals surface area contributed by atoms with Gasteiger partial charge in [0.1, 0.15) is 11.4 Å². The van der Waals surface area contributed by atoms with Crippen LogP contribution in [0.2, 0.25) is 0 Å². The molecule has 10 nitrogen and oxygen atoms in total. The predicted octanol–water partition coefficient (Wildman–Crippen LogP) is 1.75. The highest BCUT2D eigenvalue weighted by Gasteiger charge is 2.34. The fraction of sp³-hybridized carbons (Fsp3) is 0.348. The van der Waals surface area contributed by atoms with Crippen LogP contribution < -0.4 is 15.6 Å². The Morgan fingerprint density at radius 2 is 2.15 bits per heavy atom. The average Bonchev–Trinajstić information content (AvgIpc) is 3.32. The third-order valence-electron chi connectivity index (χ3n) is 6.07. The zero-order valence-corrected chi connectivity index (χ0v) is 19.2. The predicted molar refractivity (Wildman–Crippen MR) is 127 cm³/mol. The Bertz CT molecular complexity index is 1340. The number of hydrogen-bond donors (Lipinski definition) is 2. The standard InChI is InChI=1S/C23H23N5O5S/c1-13-8-17(27-10-14(11-27)21(30)25-9-15-4-2-3-6-33-15)26-20-18(13)19(29)16(22(31)32)12-28(20)23-24-5-7-34-23/h2-3,5,7-8,12,14-15H,4,6,9-11H2,1H3,(H,25,30)(H,31,32). The van der Waals surface area contributed by atoms with Crippen LogP contribution in [0.5, 0.6) is 0 Å². The number of carboxylic acid groups (broad SMARTS) is 1. The maximum atomic E-state index is 12.9. The van der Waals surface area contributed by atoms with Gasteiger partial charge in [0.25, 0.3) is 0 Å². The second-order valence-electron chi connectivity index (χ2n) is 8.37. The Hall–Kier alpha value is -3.57. The zero-order chi connectivity index (χ0) is 23.8. The number of rotatable bonds is 6. The number of amides is 1. The number of carbonyl (C=O) groups is 2. The number of thiazole rings is 1. The average molecular weight is 482 g/mol. The van der Waals surface area contributed by atoms with E-state index < -0.39 is 11.4 Å². The second kappa shape index (κ2) is 8.99. The van der Waals surface area contributed by atoms with Crippen LogP contribution in [0.3, 0.4) is 0 Å². The third kappa shape index (κ3) is 4.08. The van der Waals surface area contributed by atoms with Gasteiger partial charge in [0.15, 0.2) is 10.8 Å². The Labute approximate surface area is 198 Å². The minimum absolute atomic E-state index is 0.00761. The third-order valence-corrected chi connectivity index (χ3v) is 6.84. The van der Waals surface area contributed by atoms with Gasteiger partial charge >= 0.3 is 5.97 Å². The van der Waals surface area contributed by atoms with Gasteiger partial charge in [-0.05, 0) is 25.0 Å². The molecule has 2 aliphatic heterocycles. The highest BCUT2D eigenvalue weighted by Crippen LogP contribution is 2.28. The molecular weight excluding hydrogens is 458 g/mol. The molecule has 176 valence electrons. The number of pyridine rings is 2. The van der Waals surface area contributed by atoms with E-state index in [2.05, 4.69) is 16.4 Å². The summed E-state index contributed by atoms with van der Waals surface area (Å²) < 4.78 is 7.13. The Morgan fingerprint density at radius 3 is 2.82 bits per heavy atom. The first-order valence-corrected chi connectivity index (χ1v) is 11.8. The molecule has 3 aromatic heterocycles. The van der Waals surface area contributed by atoms with Gasteiger partial charge in [-0.1, -0.05) is 12.2 Å². The number of carbonyl (C=O) groups excluding carboxylic acids is 1. The van der Waals surface area contributed by atoms with Crippen LogP contribution in [0.25, 0.3) is 16.2 Å². The summed E-state index contributed by atoms with van der Waals surface area (Å²) in [6, 6.07) is 1.76. The van der Waals surface area contributed by atoms with Crippen molar-refractivity contribution in [2.75, 3.05) is 31.1 Å². The highest BCUT2D eigenvalue weighted by atomic mass is 32.1. The minimum atomic E-state index is -1.30. The van der Waals surface area contributed by atoms with Crippen molar-refractivity contribution in [1.82, 2.24) is 19.9 Å². The summed E-state index contributed by atoms with van der Waals surface area (Å²) in [6.07, 6.45) is 7.71. The van der Waals surface area contributed by atoms with E-state index in [1.165, 1.54) is 17.5 Å². The molecule has 5 heterocycles. The summed E-state index contributed by atoms with van der Waals surface area (Å²) in [5, 5.41) is 15.0. The quantitative estimate of drug-likeness (QED) is 0.510. The molecule has 0 aromatic carbocycles. The molecule has 11 heteroatoms. The number of fused-ring (bicyclic) bond motifs is 1. The van der Waals surface area contributed by atoms with Crippen LogP contribution in [-0.4, -0.2) is 63.9 Å². The molecule has 1 fully saturated rings. The van der Waals surface area contributed by atoms with Crippen molar-refractivity contribution in [2.45, 2.75) is 19.4 Å². The van der Waals surface area contributed by atoms with Crippen LogP contribution in [0.15, 0.2) is 40.8 Å². The molecule has 1 amide bonds. The topological polar surface area (TPSA) is 127 Å². The van der Waals surface area contributed by atoms with Crippen LogP contribution >= 0.6 is 11.3 Å². The van der Waals surface area contributed by atoms with Crippen LogP contribution in [-0.2, 0) is 9.53 Å². The van der Waals surface area contributed by atoms with Gasteiger partial charge in [0.2, 0.25) is 11.3 Å². The van der Waals surface area contributed by atoms with Gasteiger partial charge in [-0.3, -0.25) is 14.2 Å². The lowest BCUT2D eigenvalue weighted by molar-refractivity contribution is -0.126. The number of aryl methyl sites for hydroxylation is 1. The molecule has 1 saturated heterocycles. The van der Waals surface area contributed by atoms with Crippen molar-refractivity contribution < 1.29 is 19.4 Å². The monoisotopic (exact) mass is 481 g/mol. The van der Waals surface area contributed by atoms with Gasteiger partial charge in [-0.25, -0.2) is 14.8 Å². The first kappa shape index (κ1) is 22.2. The fourth-order valence-electron chi connectivity index (χ4n) is 4.18. The number of hydrogen-bond acceptors (Lipinski definition) is 8. The molecule has 2 N–H and O–H groups in total. The maximum Gasteiger partial charge on any atom is 0.341 e. The van der Waals surface area contributed by atoms with Crippen molar-refractivity contribution in [3.63, 3.8) is 0 Å². The number of aromatic nitrogens is 3. The van der Waals surface area contributed by atoms with E-state index in [9.17, 15) is 19.5 Å². The molecule has 0 saturated carbocycles. The van der Waals surface area contributed by atoms with E-state index in [1.54, 1.807) is 29.1 Å². The van der Waals surface area contributed by atoms with Crippen LogP contribution in [0.1, 0.15) is 22.3 Å². The highest BCUT2D eigenvalue weighted by molar-refractivity contribution is 7.12. The SMILES string of the molecule is Cc1cc(N2CC(C(=O)NCC3CC=CCO3)C2)nc2c1c(=O)c(C(=O)O)cn2-c1nccs1. The number of aromatic carboxylic acids is 1. The van der Waals surface area contributed by atoms with E-state index in [0.717, 1.165) is 6.42 Å². The Kier molecular flexibility index (Phi) is 5.88. The first-order valence-electron chi connectivity index (χ1n) is 10.9. The van der Waals surface area contributed by atoms with Gasteiger partial charge in [0, 0.05) is 37.4 Å². The van der Waals surface area contributed by atoms with E-state index in [0.29, 0.717) is 48.4 Å². The molecule has 34 heavy (non-hydrogen) atoms. The van der Waals surface area contributed by atoms with Crippen molar-refractivity contribution in [3.8, 4) is 5.13 Å². The number of nitrogens with zero attached hydrogens (tertiary/aromatic N) is 4. The summed E-state index contributed by atoms with van der Waals surface area (Å²) in [4.78, 5) is 48.0. The normalized spacial score (nSPS) is 18.1. The Morgan fingerprint density at radius 1 is 1.32 bits per heavy atom. The van der Waals surface area contributed by atoms with Crippen LogP contribution in [0.4, 0.5) is 5.82 Å². The van der Waals surface area contributed by atoms with Crippen molar-refractivity contribution in [1.29, 1.82) is 0 Å². The molecular formula is C23H23N5O5S. The molecule has 0 aliphatic carbocycles. The summed E-state index contributed by atoms with van der Waals surface area (Å²) in [5.41, 5.74) is 0.0510. The van der Waals surface area contributed by atoms with Crippen molar-refractivity contribution in [3.05, 3.63) is 57.3 Å². The van der Waals surface area contributed by atoms with Crippen molar-refractivity contribution in [2.24, 2.45) is 5.92 Å². The largest absolute Gasteiger partial charge is 0.477 e. The lowest BCUT2D eigenvalue weighted by Crippen LogP contribution is -2.55. The van der Waals surface area contributed by atoms with Gasteiger partial charge in [-0.2, -0.15) is 0 Å². The molecule has 0 bridgehead atoms. The molecule has 5 rings (SSSR count). The van der Waals surface area contributed by atoms with E-state index in [4.69, 9.17) is 9.72 Å². The zero-order valence-electron chi connectivity index (χ0n) is 18.4. The lowest BCUT2D eigenvalue weighted by Gasteiger charge is -2.39.